The molecule has 0 bridgehead atoms. The highest BCUT2D eigenvalue weighted by Crippen LogP contribution is 2.46. The maximum absolute atomic E-state index is 6.66. The number of rotatable bonds is 4. The summed E-state index contributed by atoms with van der Waals surface area (Å²) in [6, 6.07) is 5.93. The average Bonchev–Trinajstić information content (AvgIpc) is 3.25. The minimum Gasteiger partial charge on any atom is -0.355 e. The van der Waals surface area contributed by atoms with Crippen LogP contribution in [-0.4, -0.2) is 33.0 Å². The van der Waals surface area contributed by atoms with Crippen molar-refractivity contribution in [3.05, 3.63) is 54.2 Å². The van der Waals surface area contributed by atoms with Gasteiger partial charge in [-0.15, -0.1) is 0 Å². The Morgan fingerprint density at radius 2 is 1.73 bits per heavy atom. The zero-order valence-electron chi connectivity index (χ0n) is 16.8. The molecule has 30 heavy (non-hydrogen) atoms. The molecule has 0 unspecified atom stereocenters. The van der Waals surface area contributed by atoms with Crippen LogP contribution < -0.4 is 4.90 Å². The number of hydrogen-bond donors (Lipinski definition) is 0. The van der Waals surface area contributed by atoms with Crippen LogP contribution in [-0.2, 0) is 0 Å². The van der Waals surface area contributed by atoms with E-state index in [1.54, 1.807) is 18.6 Å². The molecule has 5 rings (SSSR count). The highest BCUT2D eigenvalue weighted by Gasteiger charge is 2.37. The van der Waals surface area contributed by atoms with E-state index in [0.717, 1.165) is 40.1 Å². The maximum Gasteiger partial charge on any atom is 0.147 e. The van der Waals surface area contributed by atoms with E-state index in [4.69, 9.17) is 16.6 Å². The van der Waals surface area contributed by atoms with Crippen molar-refractivity contribution in [2.45, 2.75) is 48.4 Å². The third kappa shape index (κ3) is 4.03. The lowest BCUT2D eigenvalue weighted by molar-refractivity contribution is 0.226. The second-order valence-corrected chi connectivity index (χ2v) is 9.66. The lowest BCUT2D eigenvalue weighted by Gasteiger charge is -2.39. The Hall–Kier alpha value is -2.18. The number of halogens is 1. The second-order valence-electron chi connectivity index (χ2n) is 8.22. The number of piperidine rings is 1. The van der Waals surface area contributed by atoms with Crippen LogP contribution in [0.2, 0.25) is 5.02 Å². The summed E-state index contributed by atoms with van der Waals surface area (Å²) in [5.74, 6) is 0.978. The van der Waals surface area contributed by atoms with Gasteiger partial charge in [0.05, 0.1) is 29.3 Å². The first-order chi connectivity index (χ1) is 14.7. The first-order valence-corrected chi connectivity index (χ1v) is 11.7. The van der Waals surface area contributed by atoms with Crippen LogP contribution in [0, 0.1) is 5.41 Å². The summed E-state index contributed by atoms with van der Waals surface area (Å²) in [4.78, 5) is 21.2. The summed E-state index contributed by atoms with van der Waals surface area (Å²) in [5.41, 5.74) is 2.25. The fraction of sp³-hybridized carbons (Fsp3) is 0.391. The number of hydrogen-bond acceptors (Lipinski definition) is 6. The Kier molecular flexibility index (Phi) is 5.61. The standard InChI is InChI=1S/C23H24ClN5S/c24-22-17(18-14-25-10-11-26-18)4-3-5-19(22)30-21-16-27-20(15-28-21)29-12-8-23(9-13-29)6-1-2-7-23/h3-5,10-11,14-16H,1-2,6-9,12-13H2. The van der Waals surface area contributed by atoms with Gasteiger partial charge in [0.2, 0.25) is 0 Å². The van der Waals surface area contributed by atoms with Crippen molar-refractivity contribution >= 4 is 29.2 Å². The van der Waals surface area contributed by atoms with Crippen LogP contribution in [0.5, 0.6) is 0 Å². The van der Waals surface area contributed by atoms with Gasteiger partial charge in [0.1, 0.15) is 10.8 Å². The van der Waals surface area contributed by atoms with Crippen LogP contribution >= 0.6 is 23.4 Å². The normalized spacial score (nSPS) is 18.1. The van der Waals surface area contributed by atoms with Gasteiger partial charge >= 0.3 is 0 Å². The highest BCUT2D eigenvalue weighted by atomic mass is 35.5. The molecule has 2 fully saturated rings. The van der Waals surface area contributed by atoms with Gasteiger partial charge in [-0.3, -0.25) is 9.97 Å². The predicted octanol–water partition coefficient (Wildman–Crippen LogP) is 5.90. The molecule has 1 aromatic carbocycles. The third-order valence-electron chi connectivity index (χ3n) is 6.44. The number of aromatic nitrogens is 4. The zero-order valence-corrected chi connectivity index (χ0v) is 18.4. The summed E-state index contributed by atoms with van der Waals surface area (Å²) in [6.07, 6.45) is 17.0. The number of anilines is 1. The summed E-state index contributed by atoms with van der Waals surface area (Å²) in [5, 5.41) is 1.49. The number of benzene rings is 1. The minimum absolute atomic E-state index is 0.616. The molecule has 1 saturated carbocycles. The Labute approximate surface area is 186 Å². The molecule has 3 aromatic rings. The van der Waals surface area contributed by atoms with Crippen molar-refractivity contribution < 1.29 is 0 Å². The van der Waals surface area contributed by atoms with Crippen LogP contribution in [0.25, 0.3) is 11.3 Å². The van der Waals surface area contributed by atoms with Crippen LogP contribution in [0.15, 0.2) is 59.1 Å². The monoisotopic (exact) mass is 437 g/mol. The van der Waals surface area contributed by atoms with E-state index in [1.165, 1.54) is 50.3 Å². The molecular formula is C23H24ClN5S. The lowest BCUT2D eigenvalue weighted by Crippen LogP contribution is -2.39. The summed E-state index contributed by atoms with van der Waals surface area (Å²) < 4.78 is 0. The van der Waals surface area contributed by atoms with E-state index in [0.29, 0.717) is 10.4 Å². The van der Waals surface area contributed by atoms with Gasteiger partial charge in [-0.05, 0) is 37.2 Å². The van der Waals surface area contributed by atoms with Gasteiger partial charge in [-0.25, -0.2) is 9.97 Å². The fourth-order valence-corrected chi connectivity index (χ4v) is 5.82. The molecule has 2 aliphatic rings. The van der Waals surface area contributed by atoms with E-state index in [1.807, 2.05) is 30.6 Å². The van der Waals surface area contributed by atoms with Gasteiger partial charge < -0.3 is 4.90 Å². The van der Waals surface area contributed by atoms with E-state index in [9.17, 15) is 0 Å². The third-order valence-corrected chi connectivity index (χ3v) is 7.94. The maximum atomic E-state index is 6.66. The van der Waals surface area contributed by atoms with E-state index in [2.05, 4.69) is 19.9 Å². The van der Waals surface area contributed by atoms with Crippen molar-refractivity contribution in [1.29, 1.82) is 0 Å². The molecule has 5 nitrogen and oxygen atoms in total. The Bertz CT molecular complexity index is 996. The highest BCUT2D eigenvalue weighted by molar-refractivity contribution is 7.99. The molecule has 0 atom stereocenters. The topological polar surface area (TPSA) is 54.8 Å². The molecule has 1 aliphatic carbocycles. The van der Waals surface area contributed by atoms with Crippen molar-refractivity contribution in [1.82, 2.24) is 19.9 Å². The average molecular weight is 438 g/mol. The zero-order chi connectivity index (χ0) is 20.4. The predicted molar refractivity (Wildman–Crippen MR) is 121 cm³/mol. The SMILES string of the molecule is Clc1c(Sc2cnc(N3CCC4(CCCC4)CC3)cn2)cccc1-c1cnccn1. The smallest absolute Gasteiger partial charge is 0.147 e. The van der Waals surface area contributed by atoms with E-state index >= 15 is 0 Å². The van der Waals surface area contributed by atoms with Crippen LogP contribution in [0.3, 0.4) is 0 Å². The van der Waals surface area contributed by atoms with Gasteiger partial charge in [0.25, 0.3) is 0 Å². The molecule has 0 radical (unpaired) electrons. The molecule has 7 heteroatoms. The Morgan fingerprint density at radius 3 is 2.43 bits per heavy atom. The lowest BCUT2D eigenvalue weighted by atomic mass is 9.77. The summed E-state index contributed by atoms with van der Waals surface area (Å²) in [6.45, 7) is 2.18. The fourth-order valence-electron chi connectivity index (χ4n) is 4.70. The minimum atomic E-state index is 0.616. The number of nitrogens with zero attached hydrogens (tertiary/aromatic N) is 5. The van der Waals surface area contributed by atoms with Gasteiger partial charge in [0.15, 0.2) is 0 Å². The van der Waals surface area contributed by atoms with Crippen molar-refractivity contribution in [2.75, 3.05) is 18.0 Å². The molecule has 0 amide bonds. The van der Waals surface area contributed by atoms with Gasteiger partial charge in [0, 0.05) is 35.9 Å². The Balaban J connectivity index is 1.28. The van der Waals surface area contributed by atoms with Gasteiger partial charge in [-0.2, -0.15) is 0 Å². The molecule has 1 aliphatic heterocycles. The first-order valence-electron chi connectivity index (χ1n) is 10.5. The molecule has 3 heterocycles. The van der Waals surface area contributed by atoms with Crippen LogP contribution in [0.1, 0.15) is 38.5 Å². The van der Waals surface area contributed by atoms with E-state index in [-0.39, 0.29) is 0 Å². The summed E-state index contributed by atoms with van der Waals surface area (Å²) in [7, 11) is 0. The summed E-state index contributed by atoms with van der Waals surface area (Å²) >= 11 is 8.18. The molecule has 1 saturated heterocycles. The van der Waals surface area contributed by atoms with Crippen molar-refractivity contribution in [3.8, 4) is 11.3 Å². The van der Waals surface area contributed by atoms with E-state index < -0.39 is 0 Å². The van der Waals surface area contributed by atoms with Gasteiger partial charge in [-0.1, -0.05) is 48.3 Å². The Morgan fingerprint density at radius 1 is 0.900 bits per heavy atom. The molecular weight excluding hydrogens is 414 g/mol. The molecule has 2 aromatic heterocycles. The van der Waals surface area contributed by atoms with Crippen LogP contribution in [0.4, 0.5) is 5.82 Å². The van der Waals surface area contributed by atoms with Crippen molar-refractivity contribution in [2.24, 2.45) is 5.41 Å². The van der Waals surface area contributed by atoms with Crippen molar-refractivity contribution in [3.63, 3.8) is 0 Å². The molecule has 1 spiro atoms. The molecule has 0 N–H and O–H groups in total. The second kappa shape index (κ2) is 8.52. The quantitative estimate of drug-likeness (QED) is 0.506. The largest absolute Gasteiger partial charge is 0.355 e. The molecule has 154 valence electrons. The first kappa shape index (κ1) is 19.8.